The second-order valence-corrected chi connectivity index (χ2v) is 9.31. The number of anilines is 1. The molecule has 2 heterocycles. The van der Waals surface area contributed by atoms with Crippen LogP contribution in [0, 0.1) is 6.92 Å². The van der Waals surface area contributed by atoms with Gasteiger partial charge in [-0.3, -0.25) is 10.1 Å². The summed E-state index contributed by atoms with van der Waals surface area (Å²) in [5.41, 5.74) is 4.10. The van der Waals surface area contributed by atoms with E-state index in [2.05, 4.69) is 43.5 Å². The predicted molar refractivity (Wildman–Crippen MR) is 127 cm³/mol. The van der Waals surface area contributed by atoms with Crippen molar-refractivity contribution in [3.63, 3.8) is 0 Å². The number of halogens is 2. The van der Waals surface area contributed by atoms with Crippen LogP contribution in [0.4, 0.5) is 5.13 Å². The van der Waals surface area contributed by atoms with Crippen LogP contribution in [0.25, 0.3) is 5.69 Å². The lowest BCUT2D eigenvalue weighted by atomic mass is 10.1. The van der Waals surface area contributed by atoms with E-state index in [9.17, 15) is 4.79 Å². The van der Waals surface area contributed by atoms with Gasteiger partial charge in [-0.05, 0) is 58.6 Å². The topological polar surface area (TPSA) is 72.7 Å². The minimum absolute atomic E-state index is 0.280. The number of aromatic nitrogens is 4. The van der Waals surface area contributed by atoms with Crippen LogP contribution in [0.5, 0.6) is 0 Å². The zero-order valence-electron chi connectivity index (χ0n) is 16.9. The maximum atomic E-state index is 12.8. The maximum Gasteiger partial charge on any atom is 0.279 e. The van der Waals surface area contributed by atoms with Gasteiger partial charge in [-0.1, -0.05) is 48.0 Å². The normalized spacial score (nSPS) is 11.0. The molecule has 2 aromatic heterocycles. The SMILES string of the molecule is CCc1ccccc1-n1nnc(C(=O)Nc2ncc(Cc3ccc(Br)c(Cl)c3)s2)c1C. The van der Waals surface area contributed by atoms with Crippen LogP contribution < -0.4 is 5.32 Å². The maximum absolute atomic E-state index is 12.8. The lowest BCUT2D eigenvalue weighted by Crippen LogP contribution is -2.14. The molecule has 0 atom stereocenters. The van der Waals surface area contributed by atoms with Crippen LogP contribution in [0.15, 0.2) is 53.1 Å². The van der Waals surface area contributed by atoms with E-state index >= 15 is 0 Å². The molecule has 1 N–H and O–H groups in total. The van der Waals surface area contributed by atoms with Gasteiger partial charge >= 0.3 is 0 Å². The van der Waals surface area contributed by atoms with E-state index in [0.717, 1.165) is 32.6 Å². The number of carbonyl (C=O) groups excluding carboxylic acids is 1. The number of rotatable bonds is 6. The third-order valence-electron chi connectivity index (χ3n) is 4.85. The van der Waals surface area contributed by atoms with E-state index in [4.69, 9.17) is 11.6 Å². The lowest BCUT2D eigenvalue weighted by molar-refractivity contribution is 0.102. The van der Waals surface area contributed by atoms with Crippen LogP contribution in [0.3, 0.4) is 0 Å². The summed E-state index contributed by atoms with van der Waals surface area (Å²) in [6.45, 7) is 3.92. The molecule has 0 saturated carbocycles. The summed E-state index contributed by atoms with van der Waals surface area (Å²) in [4.78, 5) is 18.1. The van der Waals surface area contributed by atoms with Gasteiger partial charge in [-0.25, -0.2) is 9.67 Å². The first kappa shape index (κ1) is 21.7. The highest BCUT2D eigenvalue weighted by Gasteiger charge is 2.19. The molecule has 4 rings (SSSR count). The average Bonchev–Trinajstić information content (AvgIpc) is 3.36. The number of carbonyl (C=O) groups is 1. The Morgan fingerprint density at radius 3 is 2.84 bits per heavy atom. The third kappa shape index (κ3) is 4.71. The molecular weight excluding hydrogens is 498 g/mol. The van der Waals surface area contributed by atoms with Gasteiger partial charge < -0.3 is 0 Å². The number of hydrogen-bond donors (Lipinski definition) is 1. The Morgan fingerprint density at radius 1 is 1.26 bits per heavy atom. The van der Waals surface area contributed by atoms with Crippen molar-refractivity contribution in [2.45, 2.75) is 26.7 Å². The minimum Gasteiger partial charge on any atom is -0.296 e. The Kier molecular flexibility index (Phi) is 6.50. The fourth-order valence-electron chi connectivity index (χ4n) is 3.24. The van der Waals surface area contributed by atoms with Crippen LogP contribution in [-0.2, 0) is 12.8 Å². The number of amides is 1. The lowest BCUT2D eigenvalue weighted by Gasteiger charge is -2.08. The van der Waals surface area contributed by atoms with Crippen LogP contribution >= 0.6 is 38.9 Å². The summed E-state index contributed by atoms with van der Waals surface area (Å²) in [5.74, 6) is -0.328. The van der Waals surface area contributed by atoms with E-state index in [-0.39, 0.29) is 11.6 Å². The molecule has 0 unspecified atom stereocenters. The Labute approximate surface area is 197 Å². The molecule has 158 valence electrons. The van der Waals surface area contributed by atoms with E-state index in [1.165, 1.54) is 11.3 Å². The van der Waals surface area contributed by atoms with Crippen molar-refractivity contribution in [2.75, 3.05) is 5.32 Å². The third-order valence-corrected chi connectivity index (χ3v) is 6.99. The molecule has 0 aliphatic heterocycles. The standard InChI is InChI=1S/C22H19BrClN5OS/c1-3-15-6-4-5-7-19(15)29-13(2)20(27-28-29)21(30)26-22-25-12-16(31-22)10-14-8-9-17(23)18(24)11-14/h4-9,11-12H,3,10H2,1-2H3,(H,25,26,30). The quantitative estimate of drug-likeness (QED) is 0.349. The Morgan fingerprint density at radius 2 is 2.06 bits per heavy atom. The van der Waals surface area contributed by atoms with Crippen LogP contribution in [-0.4, -0.2) is 25.9 Å². The van der Waals surface area contributed by atoms with E-state index in [0.29, 0.717) is 22.3 Å². The highest BCUT2D eigenvalue weighted by atomic mass is 79.9. The van der Waals surface area contributed by atoms with Gasteiger partial charge in [0, 0.05) is 22.0 Å². The first-order valence-electron chi connectivity index (χ1n) is 9.66. The zero-order valence-corrected chi connectivity index (χ0v) is 20.1. The second-order valence-electron chi connectivity index (χ2n) is 6.93. The molecule has 0 aliphatic rings. The summed E-state index contributed by atoms with van der Waals surface area (Å²) in [7, 11) is 0. The molecule has 0 spiro atoms. The van der Waals surface area contributed by atoms with Crippen molar-refractivity contribution in [2.24, 2.45) is 0 Å². The number of para-hydroxylation sites is 1. The average molecular weight is 517 g/mol. The van der Waals surface area contributed by atoms with Gasteiger partial charge in [0.1, 0.15) is 0 Å². The summed E-state index contributed by atoms with van der Waals surface area (Å²) in [5, 5.41) is 12.3. The fraction of sp³-hybridized carbons (Fsp3) is 0.182. The van der Waals surface area contributed by atoms with Crippen molar-refractivity contribution >= 4 is 49.9 Å². The van der Waals surface area contributed by atoms with E-state index < -0.39 is 0 Å². The minimum atomic E-state index is -0.328. The van der Waals surface area contributed by atoms with Crippen molar-refractivity contribution in [3.8, 4) is 5.69 Å². The molecule has 0 saturated heterocycles. The molecule has 2 aromatic carbocycles. The number of thiazole rings is 1. The summed E-state index contributed by atoms with van der Waals surface area (Å²) in [6, 6.07) is 13.8. The van der Waals surface area contributed by atoms with E-state index in [1.807, 2.05) is 49.4 Å². The molecule has 0 aliphatic carbocycles. The van der Waals surface area contributed by atoms with Gasteiger partial charge in [0.15, 0.2) is 10.8 Å². The van der Waals surface area contributed by atoms with Crippen molar-refractivity contribution in [1.82, 2.24) is 20.0 Å². The fourth-order valence-corrected chi connectivity index (χ4v) is 4.53. The number of aryl methyl sites for hydroxylation is 1. The Bertz CT molecular complexity index is 1250. The molecule has 9 heteroatoms. The van der Waals surface area contributed by atoms with Crippen LogP contribution in [0.2, 0.25) is 5.02 Å². The smallest absolute Gasteiger partial charge is 0.279 e. The first-order chi connectivity index (χ1) is 15.0. The number of nitrogens with one attached hydrogen (secondary N) is 1. The zero-order chi connectivity index (χ0) is 22.0. The number of hydrogen-bond acceptors (Lipinski definition) is 5. The highest BCUT2D eigenvalue weighted by molar-refractivity contribution is 9.10. The van der Waals surface area contributed by atoms with Crippen molar-refractivity contribution in [1.29, 1.82) is 0 Å². The Balaban J connectivity index is 1.49. The summed E-state index contributed by atoms with van der Waals surface area (Å²) in [6.07, 6.45) is 3.31. The second kappa shape index (κ2) is 9.30. The van der Waals surface area contributed by atoms with Crippen LogP contribution in [0.1, 0.15) is 39.1 Å². The monoisotopic (exact) mass is 515 g/mol. The molecular formula is C22H19BrClN5OS. The van der Waals surface area contributed by atoms with E-state index in [1.54, 1.807) is 10.9 Å². The van der Waals surface area contributed by atoms with Crippen molar-refractivity contribution < 1.29 is 4.79 Å². The Hall–Kier alpha value is -2.55. The van der Waals surface area contributed by atoms with Gasteiger partial charge in [-0.2, -0.15) is 0 Å². The van der Waals surface area contributed by atoms with Gasteiger partial charge in [0.2, 0.25) is 0 Å². The van der Waals surface area contributed by atoms with Crippen molar-refractivity contribution in [3.05, 3.63) is 85.5 Å². The first-order valence-corrected chi connectivity index (χ1v) is 11.7. The van der Waals surface area contributed by atoms with Gasteiger partial charge in [0.05, 0.1) is 16.4 Å². The molecule has 31 heavy (non-hydrogen) atoms. The molecule has 0 radical (unpaired) electrons. The number of benzene rings is 2. The molecule has 0 fully saturated rings. The molecule has 0 bridgehead atoms. The van der Waals surface area contributed by atoms with Gasteiger partial charge in [0.25, 0.3) is 5.91 Å². The van der Waals surface area contributed by atoms with Gasteiger partial charge in [-0.15, -0.1) is 16.4 Å². The summed E-state index contributed by atoms with van der Waals surface area (Å²) < 4.78 is 2.57. The molecule has 6 nitrogen and oxygen atoms in total. The molecule has 1 amide bonds. The number of nitrogens with zero attached hydrogens (tertiary/aromatic N) is 4. The highest BCUT2D eigenvalue weighted by Crippen LogP contribution is 2.27. The predicted octanol–water partition coefficient (Wildman–Crippen LogP) is 5.85. The largest absolute Gasteiger partial charge is 0.296 e. The molecule has 4 aromatic rings. The summed E-state index contributed by atoms with van der Waals surface area (Å²) >= 11 is 11.0.